The Balaban J connectivity index is 1.84. The Morgan fingerprint density at radius 2 is 2.06 bits per heavy atom. The number of nitrogens with one attached hydrogen (secondary N) is 1. The molecule has 2 heterocycles. The van der Waals surface area contributed by atoms with Crippen LogP contribution < -0.4 is 5.32 Å². The zero-order valence-corrected chi connectivity index (χ0v) is 12.3. The highest BCUT2D eigenvalue weighted by molar-refractivity contribution is 9.11. The fraction of sp³-hybridized carbons (Fsp3) is 0.400. The van der Waals surface area contributed by atoms with Gasteiger partial charge in [0, 0.05) is 11.4 Å². The number of aryl methyl sites for hydroxylation is 2. The van der Waals surface area contributed by atoms with Gasteiger partial charge >= 0.3 is 0 Å². The molecule has 86 valence electrons. The van der Waals surface area contributed by atoms with E-state index in [9.17, 15) is 0 Å². The van der Waals surface area contributed by atoms with E-state index in [2.05, 4.69) is 44.4 Å². The molecule has 2 rings (SSSR count). The lowest BCUT2D eigenvalue weighted by molar-refractivity contribution is 0.690. The van der Waals surface area contributed by atoms with Crippen LogP contribution in [0.15, 0.2) is 9.85 Å². The van der Waals surface area contributed by atoms with Gasteiger partial charge in [0.25, 0.3) is 0 Å². The monoisotopic (exact) mass is 317 g/mol. The second kappa shape index (κ2) is 5.35. The van der Waals surface area contributed by atoms with Crippen molar-refractivity contribution in [3.63, 3.8) is 0 Å². The third-order valence-electron chi connectivity index (χ3n) is 2.05. The Morgan fingerprint density at radius 1 is 1.25 bits per heavy atom. The molecule has 0 saturated carbocycles. The molecule has 0 spiro atoms. The van der Waals surface area contributed by atoms with Gasteiger partial charge in [0.1, 0.15) is 10.0 Å². The molecule has 0 aliphatic heterocycles. The van der Waals surface area contributed by atoms with E-state index in [1.807, 2.05) is 6.92 Å². The SMILES string of the molecule is Cc1nnc(CNCc2cc(C)c(Br)s2)s1. The number of aromatic nitrogens is 2. The van der Waals surface area contributed by atoms with Crippen LogP contribution in [0.2, 0.25) is 0 Å². The van der Waals surface area contributed by atoms with Crippen molar-refractivity contribution in [2.24, 2.45) is 0 Å². The molecule has 0 fully saturated rings. The number of nitrogens with zero attached hydrogens (tertiary/aromatic N) is 2. The lowest BCUT2D eigenvalue weighted by Gasteiger charge is -1.98. The molecule has 0 aromatic carbocycles. The minimum Gasteiger partial charge on any atom is -0.305 e. The average molecular weight is 318 g/mol. The quantitative estimate of drug-likeness (QED) is 0.940. The van der Waals surface area contributed by atoms with Crippen molar-refractivity contribution in [3.05, 3.63) is 30.3 Å². The first-order valence-corrected chi connectivity index (χ1v) is 7.32. The van der Waals surface area contributed by atoms with Crippen molar-refractivity contribution in [3.8, 4) is 0 Å². The van der Waals surface area contributed by atoms with E-state index in [-0.39, 0.29) is 0 Å². The van der Waals surface area contributed by atoms with Crippen molar-refractivity contribution < 1.29 is 0 Å². The number of hydrogen-bond acceptors (Lipinski definition) is 5. The predicted octanol–water partition coefficient (Wildman–Crippen LogP) is 3.27. The fourth-order valence-electron chi connectivity index (χ4n) is 1.31. The fourth-order valence-corrected chi connectivity index (χ4v) is 3.59. The van der Waals surface area contributed by atoms with Gasteiger partial charge < -0.3 is 5.32 Å². The predicted molar refractivity (Wildman–Crippen MR) is 71.9 cm³/mol. The van der Waals surface area contributed by atoms with E-state index in [0.717, 1.165) is 23.1 Å². The molecular weight excluding hydrogens is 306 g/mol. The maximum atomic E-state index is 4.07. The number of thiophene rings is 1. The first-order valence-electron chi connectivity index (χ1n) is 4.89. The molecule has 0 amide bonds. The van der Waals surface area contributed by atoms with Gasteiger partial charge in [0.05, 0.1) is 10.3 Å². The molecule has 6 heteroatoms. The molecule has 0 bridgehead atoms. The highest BCUT2D eigenvalue weighted by Crippen LogP contribution is 2.27. The summed E-state index contributed by atoms with van der Waals surface area (Å²) in [5.41, 5.74) is 1.30. The Morgan fingerprint density at radius 3 is 2.62 bits per heavy atom. The van der Waals surface area contributed by atoms with Crippen LogP contribution in [0.5, 0.6) is 0 Å². The highest BCUT2D eigenvalue weighted by Gasteiger charge is 2.03. The zero-order chi connectivity index (χ0) is 11.5. The Bertz CT molecular complexity index is 459. The van der Waals surface area contributed by atoms with Crippen LogP contribution in [-0.2, 0) is 13.1 Å². The molecule has 3 nitrogen and oxygen atoms in total. The van der Waals surface area contributed by atoms with Gasteiger partial charge in [-0.2, -0.15) is 0 Å². The van der Waals surface area contributed by atoms with Crippen molar-refractivity contribution in [2.75, 3.05) is 0 Å². The molecule has 0 unspecified atom stereocenters. The molecule has 0 radical (unpaired) electrons. The molecule has 1 N–H and O–H groups in total. The summed E-state index contributed by atoms with van der Waals surface area (Å²) < 4.78 is 1.22. The second-order valence-corrected chi connectivity index (χ2v) is 7.21. The van der Waals surface area contributed by atoms with Gasteiger partial charge in [-0.1, -0.05) is 0 Å². The van der Waals surface area contributed by atoms with Crippen molar-refractivity contribution in [1.29, 1.82) is 0 Å². The van der Waals surface area contributed by atoms with Crippen LogP contribution in [0.4, 0.5) is 0 Å². The summed E-state index contributed by atoms with van der Waals surface area (Å²) in [6.45, 7) is 5.76. The minimum absolute atomic E-state index is 0.792. The van der Waals surface area contributed by atoms with Crippen molar-refractivity contribution >= 4 is 38.6 Å². The first kappa shape index (κ1) is 12.2. The van der Waals surface area contributed by atoms with Gasteiger partial charge in [-0.15, -0.1) is 32.9 Å². The number of hydrogen-bond donors (Lipinski definition) is 1. The van der Waals surface area contributed by atoms with Gasteiger partial charge in [-0.25, -0.2) is 0 Å². The van der Waals surface area contributed by atoms with E-state index in [0.29, 0.717) is 0 Å². The van der Waals surface area contributed by atoms with Gasteiger partial charge in [-0.3, -0.25) is 0 Å². The maximum absolute atomic E-state index is 4.07. The Labute approximate surface area is 111 Å². The molecule has 2 aromatic heterocycles. The highest BCUT2D eigenvalue weighted by atomic mass is 79.9. The van der Waals surface area contributed by atoms with Crippen molar-refractivity contribution in [1.82, 2.24) is 15.5 Å². The standard InChI is InChI=1S/C10H12BrN3S2/c1-6-3-8(16-10(6)11)4-12-5-9-14-13-7(2)15-9/h3,12H,4-5H2,1-2H3. The number of rotatable bonds is 4. The summed E-state index contributed by atoms with van der Waals surface area (Å²) in [6, 6.07) is 2.20. The summed E-state index contributed by atoms with van der Waals surface area (Å²) >= 11 is 6.94. The molecule has 0 aliphatic carbocycles. The Hall–Kier alpha value is -0.300. The van der Waals surface area contributed by atoms with Crippen LogP contribution in [0.3, 0.4) is 0 Å². The van der Waals surface area contributed by atoms with E-state index in [4.69, 9.17) is 0 Å². The van der Waals surface area contributed by atoms with E-state index in [1.54, 1.807) is 22.7 Å². The zero-order valence-electron chi connectivity index (χ0n) is 9.08. The molecule has 2 aromatic rings. The Kier molecular flexibility index (Phi) is 4.07. The van der Waals surface area contributed by atoms with Crippen LogP contribution in [-0.4, -0.2) is 10.2 Å². The average Bonchev–Trinajstić information content (AvgIpc) is 2.75. The molecule has 0 saturated heterocycles. The normalized spacial score (nSPS) is 10.9. The third kappa shape index (κ3) is 3.10. The van der Waals surface area contributed by atoms with Gasteiger partial charge in [-0.05, 0) is 41.4 Å². The van der Waals surface area contributed by atoms with Crippen LogP contribution in [0.25, 0.3) is 0 Å². The van der Waals surface area contributed by atoms with Gasteiger partial charge in [0.15, 0.2) is 0 Å². The summed E-state index contributed by atoms with van der Waals surface area (Å²) in [5.74, 6) is 0. The lowest BCUT2D eigenvalue weighted by Crippen LogP contribution is -2.11. The van der Waals surface area contributed by atoms with E-state index >= 15 is 0 Å². The summed E-state index contributed by atoms with van der Waals surface area (Å²) in [7, 11) is 0. The number of halogens is 1. The molecule has 16 heavy (non-hydrogen) atoms. The minimum atomic E-state index is 0.792. The van der Waals surface area contributed by atoms with Crippen LogP contribution in [0, 0.1) is 13.8 Å². The smallest absolute Gasteiger partial charge is 0.131 e. The lowest BCUT2D eigenvalue weighted by atomic mass is 10.3. The van der Waals surface area contributed by atoms with Gasteiger partial charge in [0.2, 0.25) is 0 Å². The molecule has 0 aliphatic rings. The van der Waals surface area contributed by atoms with Crippen molar-refractivity contribution in [2.45, 2.75) is 26.9 Å². The second-order valence-electron chi connectivity index (χ2n) is 3.49. The largest absolute Gasteiger partial charge is 0.305 e. The summed E-state index contributed by atoms with van der Waals surface area (Å²) in [6.07, 6.45) is 0. The van der Waals surface area contributed by atoms with Crippen LogP contribution >= 0.6 is 38.6 Å². The topological polar surface area (TPSA) is 37.8 Å². The first-order chi connectivity index (χ1) is 7.65. The summed E-state index contributed by atoms with van der Waals surface area (Å²) in [4.78, 5) is 1.34. The summed E-state index contributed by atoms with van der Waals surface area (Å²) in [5, 5.41) is 13.5. The maximum Gasteiger partial charge on any atom is 0.131 e. The van der Waals surface area contributed by atoms with E-state index in [1.165, 1.54) is 14.2 Å². The van der Waals surface area contributed by atoms with Crippen LogP contribution in [0.1, 0.15) is 20.5 Å². The molecule has 0 atom stereocenters. The molecular formula is C10H12BrN3S2. The van der Waals surface area contributed by atoms with E-state index < -0.39 is 0 Å². The third-order valence-corrected chi connectivity index (χ3v) is 5.03.